The molecule has 0 aromatic carbocycles. The molecule has 4 heteroatoms. The molecule has 1 N–H and O–H groups in total. The SMILES string of the molecule is COC(=O)c1c(C)cc(C)[nH]c1=O. The van der Waals surface area contributed by atoms with Crippen molar-refractivity contribution >= 4 is 5.97 Å². The van der Waals surface area contributed by atoms with Crippen LogP contribution in [0, 0.1) is 13.8 Å². The summed E-state index contributed by atoms with van der Waals surface area (Å²) in [6, 6.07) is 1.73. The number of aryl methyl sites for hydroxylation is 2. The fourth-order valence-corrected chi connectivity index (χ4v) is 1.21. The zero-order chi connectivity index (χ0) is 10.0. The van der Waals surface area contributed by atoms with Gasteiger partial charge in [-0.3, -0.25) is 4.79 Å². The number of hydrogen-bond acceptors (Lipinski definition) is 3. The van der Waals surface area contributed by atoms with Crippen LogP contribution in [0.5, 0.6) is 0 Å². The zero-order valence-electron chi connectivity index (χ0n) is 7.80. The Balaban J connectivity index is 3.38. The van der Waals surface area contributed by atoms with Gasteiger partial charge < -0.3 is 9.72 Å². The van der Waals surface area contributed by atoms with E-state index in [0.717, 1.165) is 5.69 Å². The lowest BCUT2D eigenvalue weighted by Gasteiger charge is -2.02. The van der Waals surface area contributed by atoms with Gasteiger partial charge in [-0.05, 0) is 25.5 Å². The highest BCUT2D eigenvalue weighted by molar-refractivity contribution is 5.90. The Morgan fingerprint density at radius 1 is 1.46 bits per heavy atom. The minimum Gasteiger partial charge on any atom is -0.465 e. The molecular formula is C9H11NO3. The van der Waals surface area contributed by atoms with Crippen molar-refractivity contribution in [1.82, 2.24) is 4.98 Å². The number of aromatic nitrogens is 1. The van der Waals surface area contributed by atoms with Crippen molar-refractivity contribution in [2.75, 3.05) is 7.11 Å². The molecule has 0 spiro atoms. The van der Waals surface area contributed by atoms with Gasteiger partial charge in [-0.15, -0.1) is 0 Å². The maximum absolute atomic E-state index is 11.3. The van der Waals surface area contributed by atoms with Gasteiger partial charge in [0.1, 0.15) is 5.56 Å². The summed E-state index contributed by atoms with van der Waals surface area (Å²) in [5.74, 6) is -0.598. The summed E-state index contributed by atoms with van der Waals surface area (Å²) >= 11 is 0. The van der Waals surface area contributed by atoms with E-state index in [9.17, 15) is 9.59 Å². The van der Waals surface area contributed by atoms with Crippen LogP contribution in [-0.4, -0.2) is 18.1 Å². The van der Waals surface area contributed by atoms with Crippen molar-refractivity contribution in [3.05, 3.63) is 33.2 Å². The molecule has 1 aromatic rings. The molecule has 13 heavy (non-hydrogen) atoms. The number of hydrogen-bond donors (Lipinski definition) is 1. The molecule has 4 nitrogen and oxygen atoms in total. The first-order valence-corrected chi connectivity index (χ1v) is 3.85. The van der Waals surface area contributed by atoms with E-state index in [2.05, 4.69) is 9.72 Å². The van der Waals surface area contributed by atoms with E-state index in [1.807, 2.05) is 0 Å². The van der Waals surface area contributed by atoms with Crippen LogP contribution < -0.4 is 5.56 Å². The molecule has 0 fully saturated rings. The van der Waals surface area contributed by atoms with Crippen molar-refractivity contribution in [1.29, 1.82) is 0 Å². The number of carbonyl (C=O) groups excluding carboxylic acids is 1. The molecule has 0 atom stereocenters. The zero-order valence-corrected chi connectivity index (χ0v) is 7.80. The summed E-state index contributed by atoms with van der Waals surface area (Å²) in [7, 11) is 1.25. The van der Waals surface area contributed by atoms with Crippen molar-refractivity contribution < 1.29 is 9.53 Å². The van der Waals surface area contributed by atoms with Gasteiger partial charge in [-0.25, -0.2) is 4.79 Å². The first-order chi connectivity index (χ1) is 6.06. The Kier molecular flexibility index (Phi) is 2.51. The summed E-state index contributed by atoms with van der Waals surface area (Å²) in [6.07, 6.45) is 0. The number of methoxy groups -OCH3 is 1. The van der Waals surface area contributed by atoms with Crippen LogP contribution in [-0.2, 0) is 4.74 Å². The van der Waals surface area contributed by atoms with Crippen molar-refractivity contribution in [3.63, 3.8) is 0 Å². The maximum atomic E-state index is 11.3. The Morgan fingerprint density at radius 2 is 2.08 bits per heavy atom. The predicted octanol–water partition coefficient (Wildman–Crippen LogP) is 0.778. The van der Waals surface area contributed by atoms with E-state index in [0.29, 0.717) is 5.56 Å². The van der Waals surface area contributed by atoms with Gasteiger partial charge in [0.15, 0.2) is 0 Å². The van der Waals surface area contributed by atoms with Crippen LogP contribution in [0.4, 0.5) is 0 Å². The molecule has 0 aliphatic heterocycles. The van der Waals surface area contributed by atoms with E-state index in [-0.39, 0.29) is 5.56 Å². The lowest BCUT2D eigenvalue weighted by Crippen LogP contribution is -2.21. The molecule has 70 valence electrons. The van der Waals surface area contributed by atoms with Crippen LogP contribution in [0.1, 0.15) is 21.6 Å². The van der Waals surface area contributed by atoms with Gasteiger partial charge in [0.05, 0.1) is 7.11 Å². The molecule has 0 amide bonds. The van der Waals surface area contributed by atoms with Gasteiger partial charge >= 0.3 is 5.97 Å². The minimum absolute atomic E-state index is 0.0769. The van der Waals surface area contributed by atoms with E-state index in [4.69, 9.17) is 0 Å². The Morgan fingerprint density at radius 3 is 2.54 bits per heavy atom. The quantitative estimate of drug-likeness (QED) is 0.651. The monoisotopic (exact) mass is 181 g/mol. The fraction of sp³-hybridized carbons (Fsp3) is 0.333. The van der Waals surface area contributed by atoms with Crippen molar-refractivity contribution in [2.24, 2.45) is 0 Å². The predicted molar refractivity (Wildman–Crippen MR) is 47.9 cm³/mol. The third-order valence-corrected chi connectivity index (χ3v) is 1.75. The Bertz CT molecular complexity index is 392. The molecule has 0 saturated carbocycles. The van der Waals surface area contributed by atoms with Crippen LogP contribution in [0.3, 0.4) is 0 Å². The first kappa shape index (κ1) is 9.51. The fourth-order valence-electron chi connectivity index (χ4n) is 1.21. The molecule has 1 heterocycles. The van der Waals surface area contributed by atoms with Gasteiger partial charge in [0.2, 0.25) is 0 Å². The normalized spacial score (nSPS) is 9.77. The summed E-state index contributed by atoms with van der Waals surface area (Å²) in [4.78, 5) is 25.0. The average molecular weight is 181 g/mol. The molecular weight excluding hydrogens is 170 g/mol. The lowest BCUT2D eigenvalue weighted by molar-refractivity contribution is 0.0598. The van der Waals surface area contributed by atoms with Gasteiger partial charge in [-0.1, -0.05) is 0 Å². The van der Waals surface area contributed by atoms with E-state index >= 15 is 0 Å². The number of aromatic amines is 1. The topological polar surface area (TPSA) is 59.2 Å². The van der Waals surface area contributed by atoms with Gasteiger partial charge in [0, 0.05) is 5.69 Å². The maximum Gasteiger partial charge on any atom is 0.343 e. The second-order valence-electron chi connectivity index (χ2n) is 2.83. The number of rotatable bonds is 1. The number of H-pyrrole nitrogens is 1. The molecule has 1 aromatic heterocycles. The summed E-state index contributed by atoms with van der Waals surface area (Å²) in [5, 5.41) is 0. The summed E-state index contributed by atoms with van der Waals surface area (Å²) < 4.78 is 4.48. The number of carbonyl (C=O) groups is 1. The lowest BCUT2D eigenvalue weighted by atomic mass is 10.1. The molecule has 0 aliphatic rings. The highest BCUT2D eigenvalue weighted by atomic mass is 16.5. The highest BCUT2D eigenvalue weighted by Crippen LogP contribution is 2.04. The standard InChI is InChI=1S/C9H11NO3/c1-5-4-6(2)10-8(11)7(5)9(12)13-3/h4H,1-3H3,(H,10,11). The summed E-state index contributed by atoms with van der Waals surface area (Å²) in [5.41, 5.74) is 1.04. The number of pyridine rings is 1. The number of ether oxygens (including phenoxy) is 1. The third kappa shape index (κ3) is 1.77. The molecule has 0 radical (unpaired) electrons. The van der Waals surface area contributed by atoms with Gasteiger partial charge in [-0.2, -0.15) is 0 Å². The molecule has 0 unspecified atom stereocenters. The number of nitrogens with one attached hydrogen (secondary N) is 1. The molecule has 1 rings (SSSR count). The van der Waals surface area contributed by atoms with Crippen molar-refractivity contribution in [3.8, 4) is 0 Å². The Labute approximate surface area is 75.5 Å². The first-order valence-electron chi connectivity index (χ1n) is 3.85. The smallest absolute Gasteiger partial charge is 0.343 e. The highest BCUT2D eigenvalue weighted by Gasteiger charge is 2.13. The molecule has 0 saturated heterocycles. The van der Waals surface area contributed by atoms with Crippen LogP contribution >= 0.6 is 0 Å². The van der Waals surface area contributed by atoms with E-state index in [1.165, 1.54) is 7.11 Å². The third-order valence-electron chi connectivity index (χ3n) is 1.75. The molecule has 0 aliphatic carbocycles. The van der Waals surface area contributed by atoms with Gasteiger partial charge in [0.25, 0.3) is 5.56 Å². The van der Waals surface area contributed by atoms with Crippen molar-refractivity contribution in [2.45, 2.75) is 13.8 Å². The van der Waals surface area contributed by atoms with E-state index < -0.39 is 11.5 Å². The minimum atomic E-state index is -0.598. The Hall–Kier alpha value is -1.58. The second kappa shape index (κ2) is 3.43. The van der Waals surface area contributed by atoms with E-state index in [1.54, 1.807) is 19.9 Å². The largest absolute Gasteiger partial charge is 0.465 e. The average Bonchev–Trinajstić information content (AvgIpc) is 2.02. The second-order valence-corrected chi connectivity index (χ2v) is 2.83. The molecule has 0 bridgehead atoms. The van der Waals surface area contributed by atoms with Crippen LogP contribution in [0.15, 0.2) is 10.9 Å². The van der Waals surface area contributed by atoms with Crippen LogP contribution in [0.25, 0.3) is 0 Å². The summed E-state index contributed by atoms with van der Waals surface area (Å²) in [6.45, 7) is 3.46. The number of esters is 1. The van der Waals surface area contributed by atoms with Crippen LogP contribution in [0.2, 0.25) is 0 Å².